The maximum absolute atomic E-state index is 5.72. The second-order valence-corrected chi connectivity index (χ2v) is 4.34. The molecular weight excluding hydrogens is 260 g/mol. The first kappa shape index (κ1) is 10.9. The predicted octanol–water partition coefficient (Wildman–Crippen LogP) is 1.47. The van der Waals surface area contributed by atoms with Crippen LogP contribution in [0.15, 0.2) is 16.7 Å². The number of halogens is 1. The molecule has 1 atom stereocenters. The fraction of sp³-hybridized carbons (Fsp3) is 0.500. The number of ether oxygens (including phenoxy) is 2. The van der Waals surface area contributed by atoms with Gasteiger partial charge in [0.15, 0.2) is 0 Å². The van der Waals surface area contributed by atoms with Crippen LogP contribution in [0.2, 0.25) is 0 Å². The Morgan fingerprint density at radius 3 is 3.20 bits per heavy atom. The van der Waals surface area contributed by atoms with Crippen LogP contribution in [0.5, 0.6) is 5.88 Å². The van der Waals surface area contributed by atoms with Gasteiger partial charge in [-0.05, 0) is 22.0 Å². The summed E-state index contributed by atoms with van der Waals surface area (Å²) in [6.07, 6.45) is 2.75. The van der Waals surface area contributed by atoms with Crippen LogP contribution in [0.1, 0.15) is 12.0 Å². The molecule has 15 heavy (non-hydrogen) atoms. The molecule has 1 fully saturated rings. The third kappa shape index (κ3) is 2.68. The van der Waals surface area contributed by atoms with Crippen molar-refractivity contribution in [3.8, 4) is 5.88 Å². The maximum atomic E-state index is 5.72. The van der Waals surface area contributed by atoms with E-state index in [1.165, 1.54) is 0 Å². The lowest BCUT2D eigenvalue weighted by molar-refractivity contribution is 0.137. The highest BCUT2D eigenvalue weighted by atomic mass is 79.9. The average molecular weight is 273 g/mol. The summed E-state index contributed by atoms with van der Waals surface area (Å²) in [5, 5.41) is 0. The summed E-state index contributed by atoms with van der Waals surface area (Å²) in [6.45, 7) is 1.83. The van der Waals surface area contributed by atoms with Crippen molar-refractivity contribution in [2.45, 2.75) is 19.1 Å². The number of aromatic nitrogens is 1. The van der Waals surface area contributed by atoms with E-state index in [1.54, 1.807) is 6.20 Å². The molecule has 5 heteroatoms. The lowest BCUT2D eigenvalue weighted by atomic mass is 10.2. The molecule has 1 aromatic heterocycles. The van der Waals surface area contributed by atoms with Gasteiger partial charge < -0.3 is 15.2 Å². The number of nitrogens with two attached hydrogens (primary N) is 1. The Morgan fingerprint density at radius 2 is 2.53 bits per heavy atom. The van der Waals surface area contributed by atoms with Gasteiger partial charge in [0.1, 0.15) is 6.10 Å². The molecule has 82 valence electrons. The topological polar surface area (TPSA) is 57.4 Å². The van der Waals surface area contributed by atoms with Gasteiger partial charge in [-0.2, -0.15) is 0 Å². The quantitative estimate of drug-likeness (QED) is 0.906. The van der Waals surface area contributed by atoms with Crippen molar-refractivity contribution >= 4 is 15.9 Å². The maximum Gasteiger partial charge on any atom is 0.218 e. The van der Waals surface area contributed by atoms with Crippen LogP contribution >= 0.6 is 15.9 Å². The number of hydrogen-bond donors (Lipinski definition) is 1. The first-order valence-corrected chi connectivity index (χ1v) is 5.68. The molecule has 2 N–H and O–H groups in total. The smallest absolute Gasteiger partial charge is 0.218 e. The predicted molar refractivity (Wildman–Crippen MR) is 59.7 cm³/mol. The number of nitrogens with zero attached hydrogens (tertiary/aromatic N) is 1. The Kier molecular flexibility index (Phi) is 3.56. The van der Waals surface area contributed by atoms with Gasteiger partial charge in [0.05, 0.1) is 13.2 Å². The van der Waals surface area contributed by atoms with E-state index in [-0.39, 0.29) is 6.10 Å². The second-order valence-electron chi connectivity index (χ2n) is 3.43. The number of hydrogen-bond acceptors (Lipinski definition) is 4. The lowest BCUT2D eigenvalue weighted by Gasteiger charge is -2.13. The summed E-state index contributed by atoms with van der Waals surface area (Å²) in [5.41, 5.74) is 6.53. The van der Waals surface area contributed by atoms with Crippen molar-refractivity contribution in [1.82, 2.24) is 4.98 Å². The van der Waals surface area contributed by atoms with E-state index < -0.39 is 0 Å². The number of pyridine rings is 1. The molecule has 2 heterocycles. The molecule has 2 rings (SSSR count). The Bertz CT molecular complexity index is 340. The zero-order valence-electron chi connectivity index (χ0n) is 8.28. The zero-order chi connectivity index (χ0) is 10.7. The summed E-state index contributed by atoms with van der Waals surface area (Å²) in [5.74, 6) is 0.621. The van der Waals surface area contributed by atoms with Crippen molar-refractivity contribution in [3.63, 3.8) is 0 Å². The van der Waals surface area contributed by atoms with Crippen LogP contribution in [0.25, 0.3) is 0 Å². The Hall–Kier alpha value is -0.650. The summed E-state index contributed by atoms with van der Waals surface area (Å²) in [6, 6.07) is 1.93. The van der Waals surface area contributed by atoms with Crippen LogP contribution in [-0.4, -0.2) is 24.3 Å². The minimum absolute atomic E-state index is 0.115. The first-order valence-electron chi connectivity index (χ1n) is 4.88. The van der Waals surface area contributed by atoms with Gasteiger partial charge in [-0.1, -0.05) is 0 Å². The van der Waals surface area contributed by atoms with E-state index in [0.717, 1.165) is 23.1 Å². The minimum Gasteiger partial charge on any atom is -0.472 e. The van der Waals surface area contributed by atoms with Gasteiger partial charge in [0, 0.05) is 29.2 Å². The molecule has 0 radical (unpaired) electrons. The van der Waals surface area contributed by atoms with E-state index in [4.69, 9.17) is 15.2 Å². The van der Waals surface area contributed by atoms with Crippen LogP contribution in [0, 0.1) is 0 Å². The third-order valence-corrected chi connectivity index (χ3v) is 2.71. The van der Waals surface area contributed by atoms with Crippen molar-refractivity contribution < 1.29 is 9.47 Å². The molecule has 0 aromatic carbocycles. The van der Waals surface area contributed by atoms with Gasteiger partial charge >= 0.3 is 0 Å². The molecule has 0 spiro atoms. The van der Waals surface area contributed by atoms with Gasteiger partial charge in [0.25, 0.3) is 0 Å². The normalized spacial score (nSPS) is 20.5. The molecule has 0 aliphatic carbocycles. The van der Waals surface area contributed by atoms with Crippen LogP contribution in [0.3, 0.4) is 0 Å². The number of rotatable bonds is 3. The van der Waals surface area contributed by atoms with Crippen LogP contribution in [-0.2, 0) is 11.3 Å². The molecule has 1 unspecified atom stereocenters. The third-order valence-electron chi connectivity index (χ3n) is 2.28. The van der Waals surface area contributed by atoms with E-state index in [9.17, 15) is 0 Å². The minimum atomic E-state index is 0.115. The van der Waals surface area contributed by atoms with Crippen LogP contribution < -0.4 is 10.5 Å². The molecule has 0 bridgehead atoms. The molecule has 1 saturated heterocycles. The van der Waals surface area contributed by atoms with Crippen LogP contribution in [0.4, 0.5) is 0 Å². The van der Waals surface area contributed by atoms with Crippen molar-refractivity contribution in [2.24, 2.45) is 5.73 Å². The van der Waals surface area contributed by atoms with Gasteiger partial charge in [0.2, 0.25) is 5.88 Å². The molecule has 1 aliphatic heterocycles. The highest BCUT2D eigenvalue weighted by Gasteiger charge is 2.19. The standard InChI is InChI=1S/C10H13BrN2O2/c11-8-3-7(4-12)10(13-5-8)15-9-1-2-14-6-9/h3,5,9H,1-2,4,6,12H2. The van der Waals surface area contributed by atoms with E-state index in [2.05, 4.69) is 20.9 Å². The zero-order valence-corrected chi connectivity index (χ0v) is 9.87. The molecular formula is C10H13BrN2O2. The van der Waals surface area contributed by atoms with Gasteiger partial charge in [-0.15, -0.1) is 0 Å². The molecule has 1 aromatic rings. The average Bonchev–Trinajstić information content (AvgIpc) is 2.73. The van der Waals surface area contributed by atoms with E-state index in [1.807, 2.05) is 6.07 Å². The Balaban J connectivity index is 2.12. The second kappa shape index (κ2) is 4.92. The summed E-state index contributed by atoms with van der Waals surface area (Å²) in [4.78, 5) is 4.21. The van der Waals surface area contributed by atoms with Gasteiger partial charge in [-0.3, -0.25) is 0 Å². The van der Waals surface area contributed by atoms with Crippen molar-refractivity contribution in [2.75, 3.05) is 13.2 Å². The lowest BCUT2D eigenvalue weighted by Crippen LogP contribution is -2.18. The fourth-order valence-corrected chi connectivity index (χ4v) is 1.86. The van der Waals surface area contributed by atoms with Gasteiger partial charge in [-0.25, -0.2) is 4.98 Å². The molecule has 0 amide bonds. The largest absolute Gasteiger partial charge is 0.472 e. The fourth-order valence-electron chi connectivity index (χ4n) is 1.48. The van der Waals surface area contributed by atoms with Crippen molar-refractivity contribution in [3.05, 3.63) is 22.3 Å². The highest BCUT2D eigenvalue weighted by Crippen LogP contribution is 2.22. The van der Waals surface area contributed by atoms with Crippen molar-refractivity contribution in [1.29, 1.82) is 0 Å². The molecule has 1 aliphatic rings. The van der Waals surface area contributed by atoms with E-state index >= 15 is 0 Å². The first-order chi connectivity index (χ1) is 7.29. The Morgan fingerprint density at radius 1 is 1.67 bits per heavy atom. The highest BCUT2D eigenvalue weighted by molar-refractivity contribution is 9.10. The monoisotopic (exact) mass is 272 g/mol. The molecule has 4 nitrogen and oxygen atoms in total. The SMILES string of the molecule is NCc1cc(Br)cnc1OC1CCOC1. The summed E-state index contributed by atoms with van der Waals surface area (Å²) >= 11 is 3.35. The summed E-state index contributed by atoms with van der Waals surface area (Å²) in [7, 11) is 0. The Labute approximate surface area is 96.9 Å². The van der Waals surface area contributed by atoms with E-state index in [0.29, 0.717) is 19.0 Å². The molecule has 0 saturated carbocycles. The summed E-state index contributed by atoms with van der Waals surface area (Å²) < 4.78 is 11.9.